The summed E-state index contributed by atoms with van der Waals surface area (Å²) in [6, 6.07) is 2.99. The maximum absolute atomic E-state index is 13.1. The first kappa shape index (κ1) is 10.6. The Hall–Kier alpha value is -1.43. The highest BCUT2D eigenvalue weighted by Gasteiger charge is 2.14. The molecule has 0 aromatic heterocycles. The van der Waals surface area contributed by atoms with Crippen LogP contribution in [0.2, 0.25) is 0 Å². The number of rotatable bonds is 2. The van der Waals surface area contributed by atoms with E-state index in [1.807, 2.05) is 0 Å². The summed E-state index contributed by atoms with van der Waals surface area (Å²) in [6.45, 7) is 0. The van der Waals surface area contributed by atoms with Gasteiger partial charge in [-0.3, -0.25) is 4.79 Å². The van der Waals surface area contributed by atoms with Crippen LogP contribution < -0.4 is 5.73 Å². The zero-order valence-corrected chi connectivity index (χ0v) is 8.14. The van der Waals surface area contributed by atoms with Gasteiger partial charge in [0.05, 0.1) is 0 Å². The van der Waals surface area contributed by atoms with Crippen molar-refractivity contribution in [2.45, 2.75) is 4.90 Å². The van der Waals surface area contributed by atoms with Crippen molar-refractivity contribution in [3.63, 3.8) is 0 Å². The molecular formula is C8H8FNO3S. The van der Waals surface area contributed by atoms with E-state index in [1.54, 1.807) is 0 Å². The molecule has 4 nitrogen and oxygen atoms in total. The monoisotopic (exact) mass is 217 g/mol. The van der Waals surface area contributed by atoms with Crippen molar-refractivity contribution in [3.8, 4) is 0 Å². The van der Waals surface area contributed by atoms with Crippen LogP contribution in [0.3, 0.4) is 0 Å². The highest BCUT2D eigenvalue weighted by atomic mass is 32.2. The lowest BCUT2D eigenvalue weighted by Crippen LogP contribution is -2.12. The number of nitrogens with two attached hydrogens (primary N) is 1. The minimum Gasteiger partial charge on any atom is -0.366 e. The first-order chi connectivity index (χ1) is 6.32. The second-order valence-electron chi connectivity index (χ2n) is 2.78. The Bertz CT molecular complexity index is 481. The third kappa shape index (κ3) is 2.08. The molecule has 0 atom stereocenters. The average Bonchev–Trinajstić information content (AvgIpc) is 2.01. The molecule has 0 spiro atoms. The normalized spacial score (nSPS) is 11.3. The van der Waals surface area contributed by atoms with Gasteiger partial charge in [0.15, 0.2) is 9.84 Å². The number of carbonyl (C=O) groups is 1. The molecule has 0 saturated heterocycles. The smallest absolute Gasteiger partial charge is 0.248 e. The first-order valence-electron chi connectivity index (χ1n) is 3.62. The highest BCUT2D eigenvalue weighted by Crippen LogP contribution is 2.15. The van der Waals surface area contributed by atoms with Crippen LogP contribution in [-0.4, -0.2) is 20.6 Å². The molecule has 0 heterocycles. The minimum atomic E-state index is -3.60. The third-order valence-electron chi connectivity index (χ3n) is 1.62. The molecule has 14 heavy (non-hydrogen) atoms. The van der Waals surface area contributed by atoms with Gasteiger partial charge in [-0.25, -0.2) is 12.8 Å². The summed E-state index contributed by atoms with van der Waals surface area (Å²) in [7, 11) is -3.60. The number of halogens is 1. The molecule has 0 aliphatic rings. The Morgan fingerprint density at radius 3 is 2.36 bits per heavy atom. The second kappa shape index (κ2) is 3.38. The average molecular weight is 217 g/mol. The summed E-state index contributed by atoms with van der Waals surface area (Å²) in [4.78, 5) is 10.2. The fraction of sp³-hybridized carbons (Fsp3) is 0.125. The molecule has 0 aliphatic carbocycles. The van der Waals surface area contributed by atoms with Crippen molar-refractivity contribution in [1.82, 2.24) is 0 Å². The van der Waals surface area contributed by atoms with E-state index in [1.165, 1.54) is 6.07 Å². The van der Waals surface area contributed by atoms with Crippen LogP contribution in [0.4, 0.5) is 4.39 Å². The largest absolute Gasteiger partial charge is 0.366 e. The predicted octanol–water partition coefficient (Wildman–Crippen LogP) is 0.328. The van der Waals surface area contributed by atoms with E-state index < -0.39 is 26.5 Å². The van der Waals surface area contributed by atoms with E-state index in [0.29, 0.717) is 0 Å². The quantitative estimate of drug-likeness (QED) is 0.775. The van der Waals surface area contributed by atoms with Crippen LogP contribution in [0.25, 0.3) is 0 Å². The van der Waals surface area contributed by atoms with Gasteiger partial charge in [0.1, 0.15) is 10.7 Å². The van der Waals surface area contributed by atoms with Gasteiger partial charge in [0.2, 0.25) is 5.91 Å². The molecule has 6 heteroatoms. The number of primary amides is 1. The van der Waals surface area contributed by atoms with Gasteiger partial charge < -0.3 is 5.73 Å². The summed E-state index contributed by atoms with van der Waals surface area (Å²) in [5.41, 5.74) is 4.83. The van der Waals surface area contributed by atoms with Crippen LogP contribution in [0, 0.1) is 5.82 Å². The van der Waals surface area contributed by atoms with E-state index in [-0.39, 0.29) is 5.56 Å². The summed E-state index contributed by atoms with van der Waals surface area (Å²) in [5.74, 6) is -1.77. The molecule has 0 radical (unpaired) electrons. The van der Waals surface area contributed by atoms with Gasteiger partial charge >= 0.3 is 0 Å². The molecule has 1 rings (SSSR count). The fourth-order valence-electron chi connectivity index (χ4n) is 0.955. The van der Waals surface area contributed by atoms with Crippen molar-refractivity contribution in [1.29, 1.82) is 0 Å². The molecule has 1 aromatic rings. The first-order valence-corrected chi connectivity index (χ1v) is 5.51. The van der Waals surface area contributed by atoms with Gasteiger partial charge in [-0.2, -0.15) is 0 Å². The Labute approximate surface area is 80.5 Å². The van der Waals surface area contributed by atoms with Crippen LogP contribution in [0.15, 0.2) is 23.1 Å². The van der Waals surface area contributed by atoms with Crippen LogP contribution in [0.1, 0.15) is 10.4 Å². The number of hydrogen-bond donors (Lipinski definition) is 1. The zero-order valence-electron chi connectivity index (χ0n) is 7.32. The molecule has 0 saturated carbocycles. The van der Waals surface area contributed by atoms with Crippen molar-refractivity contribution < 1.29 is 17.6 Å². The van der Waals surface area contributed by atoms with Crippen LogP contribution >= 0.6 is 0 Å². The number of benzene rings is 1. The Balaban J connectivity index is 3.35. The van der Waals surface area contributed by atoms with Gasteiger partial charge in [-0.05, 0) is 18.2 Å². The Kier molecular flexibility index (Phi) is 2.57. The molecule has 0 aliphatic heterocycles. The summed E-state index contributed by atoms with van der Waals surface area (Å²) in [6.07, 6.45) is 0.884. The van der Waals surface area contributed by atoms with Crippen molar-refractivity contribution >= 4 is 15.7 Å². The zero-order chi connectivity index (χ0) is 10.9. The Morgan fingerprint density at radius 2 is 2.00 bits per heavy atom. The molecule has 2 N–H and O–H groups in total. The van der Waals surface area contributed by atoms with E-state index >= 15 is 0 Å². The summed E-state index contributed by atoms with van der Waals surface area (Å²) < 4.78 is 35.1. The van der Waals surface area contributed by atoms with Crippen molar-refractivity contribution in [3.05, 3.63) is 29.6 Å². The molecular weight excluding hydrogens is 209 g/mol. The lowest BCUT2D eigenvalue weighted by molar-refractivity contribution is 0.0999. The van der Waals surface area contributed by atoms with Gasteiger partial charge in [0, 0.05) is 11.8 Å². The predicted molar refractivity (Wildman–Crippen MR) is 48.0 cm³/mol. The van der Waals surface area contributed by atoms with E-state index in [4.69, 9.17) is 5.73 Å². The minimum absolute atomic E-state index is 0.0603. The maximum atomic E-state index is 13.1. The highest BCUT2D eigenvalue weighted by molar-refractivity contribution is 7.90. The number of amides is 1. The SMILES string of the molecule is CS(=O)(=O)c1ccc(C(N)=O)cc1F. The number of sulfone groups is 1. The lowest BCUT2D eigenvalue weighted by Gasteiger charge is -2.01. The van der Waals surface area contributed by atoms with Gasteiger partial charge in [-0.1, -0.05) is 0 Å². The molecule has 1 amide bonds. The fourth-order valence-corrected chi connectivity index (χ4v) is 1.68. The van der Waals surface area contributed by atoms with Crippen molar-refractivity contribution in [2.75, 3.05) is 6.26 Å². The van der Waals surface area contributed by atoms with E-state index in [0.717, 1.165) is 18.4 Å². The second-order valence-corrected chi connectivity index (χ2v) is 4.77. The molecule has 1 aromatic carbocycles. The molecule has 0 fully saturated rings. The maximum Gasteiger partial charge on any atom is 0.248 e. The Morgan fingerprint density at radius 1 is 1.43 bits per heavy atom. The van der Waals surface area contributed by atoms with E-state index in [9.17, 15) is 17.6 Å². The molecule has 76 valence electrons. The summed E-state index contributed by atoms with van der Waals surface area (Å²) in [5, 5.41) is 0. The van der Waals surface area contributed by atoms with Gasteiger partial charge in [-0.15, -0.1) is 0 Å². The lowest BCUT2D eigenvalue weighted by atomic mass is 10.2. The molecule has 0 bridgehead atoms. The number of carbonyl (C=O) groups excluding carboxylic acids is 1. The standard InChI is InChI=1S/C8H8FNO3S/c1-14(12,13)7-3-2-5(8(10)11)4-6(7)9/h2-4H,1H3,(H2,10,11). The molecule has 0 unspecified atom stereocenters. The number of hydrogen-bond acceptors (Lipinski definition) is 3. The van der Waals surface area contributed by atoms with Crippen molar-refractivity contribution in [2.24, 2.45) is 5.73 Å². The third-order valence-corrected chi connectivity index (χ3v) is 2.75. The van der Waals surface area contributed by atoms with Gasteiger partial charge in [0.25, 0.3) is 0 Å². The van der Waals surface area contributed by atoms with E-state index in [2.05, 4.69) is 0 Å². The van der Waals surface area contributed by atoms with Crippen LogP contribution in [0.5, 0.6) is 0 Å². The topological polar surface area (TPSA) is 77.2 Å². The summed E-state index contributed by atoms with van der Waals surface area (Å²) >= 11 is 0. The van der Waals surface area contributed by atoms with Crippen LogP contribution in [-0.2, 0) is 9.84 Å².